The maximum absolute atomic E-state index is 11.6. The third-order valence-electron chi connectivity index (χ3n) is 3.35. The number of unbranched alkanes of at least 4 members (excludes halogenated alkanes) is 1. The number of ketones is 1. The van der Waals surface area contributed by atoms with E-state index >= 15 is 0 Å². The van der Waals surface area contributed by atoms with E-state index in [0.29, 0.717) is 13.0 Å². The minimum Gasteiger partial charge on any atom is -0.441 e. The lowest BCUT2D eigenvalue weighted by atomic mass is 10.1. The van der Waals surface area contributed by atoms with Crippen molar-refractivity contribution in [2.45, 2.75) is 52.5 Å². The lowest BCUT2D eigenvalue weighted by molar-refractivity contribution is -0.121. The number of carbonyl (C=O) groups excluding carboxylic acids is 3. The Bertz CT molecular complexity index is 334. The minimum absolute atomic E-state index is 0.122. The van der Waals surface area contributed by atoms with Crippen molar-refractivity contribution >= 4 is 18.3 Å². The van der Waals surface area contributed by atoms with E-state index in [1.165, 1.54) is 11.8 Å². The number of amides is 2. The van der Waals surface area contributed by atoms with Crippen LogP contribution in [-0.4, -0.2) is 60.9 Å². The molecule has 0 aromatic rings. The van der Waals surface area contributed by atoms with Crippen molar-refractivity contribution in [2.24, 2.45) is 0 Å². The summed E-state index contributed by atoms with van der Waals surface area (Å²) in [6.07, 6.45) is 3.94. The van der Waals surface area contributed by atoms with E-state index in [2.05, 4.69) is 6.92 Å². The molecule has 1 atom stereocenters. The Labute approximate surface area is 127 Å². The van der Waals surface area contributed by atoms with Crippen LogP contribution in [0.25, 0.3) is 0 Å². The van der Waals surface area contributed by atoms with Crippen molar-refractivity contribution in [1.82, 2.24) is 9.80 Å². The van der Waals surface area contributed by atoms with E-state index in [9.17, 15) is 14.4 Å². The van der Waals surface area contributed by atoms with E-state index < -0.39 is 6.09 Å². The predicted molar refractivity (Wildman–Crippen MR) is 81.0 cm³/mol. The van der Waals surface area contributed by atoms with Gasteiger partial charge < -0.3 is 14.5 Å². The van der Waals surface area contributed by atoms with Gasteiger partial charge in [0.1, 0.15) is 0 Å². The van der Waals surface area contributed by atoms with Crippen molar-refractivity contribution in [3.05, 3.63) is 0 Å². The molecule has 2 amide bonds. The van der Waals surface area contributed by atoms with Crippen LogP contribution in [0.5, 0.6) is 0 Å². The second-order valence-corrected chi connectivity index (χ2v) is 5.23. The molecule has 0 aliphatic rings. The number of nitrogens with zero attached hydrogens (tertiary/aromatic N) is 2. The van der Waals surface area contributed by atoms with Gasteiger partial charge in [0.25, 0.3) is 0 Å². The van der Waals surface area contributed by atoms with Crippen LogP contribution in [-0.2, 0) is 14.3 Å². The van der Waals surface area contributed by atoms with E-state index in [1.54, 1.807) is 11.9 Å². The number of rotatable bonds is 11. The van der Waals surface area contributed by atoms with Gasteiger partial charge in [-0.3, -0.25) is 9.59 Å². The van der Waals surface area contributed by atoms with Gasteiger partial charge in [-0.05, 0) is 26.2 Å². The molecule has 0 aromatic heterocycles. The van der Waals surface area contributed by atoms with Crippen molar-refractivity contribution in [2.75, 3.05) is 26.7 Å². The standard InChI is InChI=1S/C15H28N2O4/c1-5-7-9-17(12-18)14(6-2)8-10-16(4)15(20)21-11-13(3)19/h12,14H,5-11H2,1-4H3. The predicted octanol–water partition coefficient (Wildman–Crippen LogP) is 2.07. The monoisotopic (exact) mass is 300 g/mol. The molecule has 0 N–H and O–H groups in total. The molecule has 21 heavy (non-hydrogen) atoms. The van der Waals surface area contributed by atoms with E-state index in [1.807, 2.05) is 6.92 Å². The molecule has 0 bridgehead atoms. The highest BCUT2D eigenvalue weighted by Gasteiger charge is 2.17. The van der Waals surface area contributed by atoms with Crippen LogP contribution in [0, 0.1) is 0 Å². The van der Waals surface area contributed by atoms with Gasteiger partial charge in [-0.1, -0.05) is 20.3 Å². The Morgan fingerprint density at radius 1 is 1.24 bits per heavy atom. The number of hydrogen-bond acceptors (Lipinski definition) is 4. The topological polar surface area (TPSA) is 66.9 Å². The third kappa shape index (κ3) is 8.32. The highest BCUT2D eigenvalue weighted by molar-refractivity contribution is 5.79. The Hall–Kier alpha value is -1.59. The molecule has 0 aliphatic heterocycles. The van der Waals surface area contributed by atoms with Gasteiger partial charge in [-0.2, -0.15) is 0 Å². The van der Waals surface area contributed by atoms with Crippen molar-refractivity contribution in [3.63, 3.8) is 0 Å². The van der Waals surface area contributed by atoms with Crippen molar-refractivity contribution in [3.8, 4) is 0 Å². The largest absolute Gasteiger partial charge is 0.441 e. The molecule has 6 heteroatoms. The quantitative estimate of drug-likeness (QED) is 0.548. The summed E-state index contributed by atoms with van der Waals surface area (Å²) in [7, 11) is 1.63. The summed E-state index contributed by atoms with van der Waals surface area (Å²) in [6.45, 7) is 6.53. The zero-order valence-electron chi connectivity index (χ0n) is 13.6. The zero-order chi connectivity index (χ0) is 16.3. The third-order valence-corrected chi connectivity index (χ3v) is 3.35. The molecule has 0 aliphatic carbocycles. The molecule has 122 valence electrons. The smallest absolute Gasteiger partial charge is 0.409 e. The fourth-order valence-electron chi connectivity index (χ4n) is 1.97. The normalized spacial score (nSPS) is 11.6. The number of hydrogen-bond donors (Lipinski definition) is 0. The molecule has 1 unspecified atom stereocenters. The van der Waals surface area contributed by atoms with Crippen LogP contribution >= 0.6 is 0 Å². The second kappa shape index (κ2) is 11.1. The number of Topliss-reactive ketones (excluding diaryl/α,β-unsaturated/α-hetero) is 1. The second-order valence-electron chi connectivity index (χ2n) is 5.23. The van der Waals surface area contributed by atoms with Gasteiger partial charge in [0.05, 0.1) is 0 Å². The summed E-state index contributed by atoms with van der Waals surface area (Å²) in [6, 6.07) is 0.122. The van der Waals surface area contributed by atoms with Gasteiger partial charge in [0.15, 0.2) is 12.4 Å². The SMILES string of the molecule is CCCCN(C=O)C(CC)CCN(C)C(=O)OCC(C)=O. The van der Waals surface area contributed by atoms with E-state index in [4.69, 9.17) is 4.74 Å². The Morgan fingerprint density at radius 2 is 1.90 bits per heavy atom. The average Bonchev–Trinajstić information content (AvgIpc) is 2.47. The summed E-state index contributed by atoms with van der Waals surface area (Å²) in [4.78, 5) is 36.8. The summed E-state index contributed by atoms with van der Waals surface area (Å²) in [5.74, 6) is -0.185. The highest BCUT2D eigenvalue weighted by atomic mass is 16.6. The molecule has 0 heterocycles. The molecule has 0 radical (unpaired) electrons. The average molecular weight is 300 g/mol. The summed E-state index contributed by atoms with van der Waals surface area (Å²) >= 11 is 0. The Kier molecular flexibility index (Phi) is 10.3. The number of carbonyl (C=O) groups is 3. The van der Waals surface area contributed by atoms with E-state index in [0.717, 1.165) is 32.2 Å². The van der Waals surface area contributed by atoms with E-state index in [-0.39, 0.29) is 18.4 Å². The van der Waals surface area contributed by atoms with Crippen molar-refractivity contribution < 1.29 is 19.1 Å². The van der Waals surface area contributed by atoms with Gasteiger partial charge in [-0.25, -0.2) is 4.79 Å². The van der Waals surface area contributed by atoms with Crippen LogP contribution in [0.4, 0.5) is 4.79 Å². The molecule has 0 spiro atoms. The molecular weight excluding hydrogens is 272 g/mol. The fourth-order valence-corrected chi connectivity index (χ4v) is 1.97. The first kappa shape index (κ1) is 19.4. The van der Waals surface area contributed by atoms with Crippen LogP contribution in [0.3, 0.4) is 0 Å². The van der Waals surface area contributed by atoms with Crippen LogP contribution in [0.1, 0.15) is 46.5 Å². The van der Waals surface area contributed by atoms with Crippen LogP contribution in [0.15, 0.2) is 0 Å². The first-order valence-electron chi connectivity index (χ1n) is 7.54. The fraction of sp³-hybridized carbons (Fsp3) is 0.800. The summed E-state index contributed by atoms with van der Waals surface area (Å²) < 4.78 is 4.84. The van der Waals surface area contributed by atoms with Crippen molar-refractivity contribution in [1.29, 1.82) is 0 Å². The zero-order valence-corrected chi connectivity index (χ0v) is 13.6. The van der Waals surface area contributed by atoms with Gasteiger partial charge in [-0.15, -0.1) is 0 Å². The maximum atomic E-state index is 11.6. The molecule has 6 nitrogen and oxygen atoms in total. The molecule has 0 rings (SSSR count). The van der Waals surface area contributed by atoms with Gasteiger partial charge in [0.2, 0.25) is 6.41 Å². The Morgan fingerprint density at radius 3 is 2.38 bits per heavy atom. The molecule has 0 aromatic carbocycles. The van der Waals surface area contributed by atoms with Gasteiger partial charge >= 0.3 is 6.09 Å². The molecular formula is C15H28N2O4. The molecule has 0 fully saturated rings. The highest BCUT2D eigenvalue weighted by Crippen LogP contribution is 2.09. The first-order valence-corrected chi connectivity index (χ1v) is 7.54. The molecule has 0 saturated carbocycles. The lowest BCUT2D eigenvalue weighted by Crippen LogP contribution is -2.38. The Balaban J connectivity index is 4.26. The number of ether oxygens (including phenoxy) is 1. The molecule has 0 saturated heterocycles. The van der Waals surface area contributed by atoms with Gasteiger partial charge in [0, 0.05) is 26.2 Å². The summed E-state index contributed by atoms with van der Waals surface area (Å²) in [5.41, 5.74) is 0. The minimum atomic E-state index is -0.508. The van der Waals surface area contributed by atoms with Crippen LogP contribution < -0.4 is 0 Å². The first-order chi connectivity index (χ1) is 9.96. The maximum Gasteiger partial charge on any atom is 0.409 e. The lowest BCUT2D eigenvalue weighted by Gasteiger charge is -2.29. The summed E-state index contributed by atoms with van der Waals surface area (Å²) in [5, 5.41) is 0. The van der Waals surface area contributed by atoms with Crippen LogP contribution in [0.2, 0.25) is 0 Å².